The summed E-state index contributed by atoms with van der Waals surface area (Å²) < 4.78 is 1.04. The average molecular weight is 297 g/mol. The van der Waals surface area contributed by atoms with Gasteiger partial charge in [0.1, 0.15) is 0 Å². The number of halogens is 1. The number of carboxylic acids is 1. The Hall–Kier alpha value is -0.830. The third-order valence-electron chi connectivity index (χ3n) is 3.76. The molecule has 0 unspecified atom stereocenters. The quantitative estimate of drug-likeness (QED) is 0.911. The molecule has 0 aliphatic heterocycles. The van der Waals surface area contributed by atoms with E-state index in [0.29, 0.717) is 0 Å². The molecule has 1 aliphatic carbocycles. The van der Waals surface area contributed by atoms with Crippen LogP contribution in [0.5, 0.6) is 0 Å². The van der Waals surface area contributed by atoms with Crippen LogP contribution in [0, 0.1) is 0 Å². The predicted octanol–water partition coefficient (Wildman–Crippen LogP) is 4.13. The normalized spacial score (nSPS) is 18.9. The summed E-state index contributed by atoms with van der Waals surface area (Å²) in [7, 11) is 0. The van der Waals surface area contributed by atoms with Crippen LogP contribution in [0.3, 0.4) is 0 Å². The van der Waals surface area contributed by atoms with Crippen molar-refractivity contribution in [1.29, 1.82) is 0 Å². The van der Waals surface area contributed by atoms with Crippen LogP contribution in [0.25, 0.3) is 0 Å². The molecule has 0 heterocycles. The van der Waals surface area contributed by atoms with Crippen molar-refractivity contribution in [2.75, 3.05) is 0 Å². The lowest BCUT2D eigenvalue weighted by Crippen LogP contribution is -2.31. The number of hydrogen-bond acceptors (Lipinski definition) is 1. The molecule has 2 nitrogen and oxygen atoms in total. The first-order chi connectivity index (χ1) is 8.12. The highest BCUT2D eigenvalue weighted by Gasteiger charge is 2.35. The van der Waals surface area contributed by atoms with Gasteiger partial charge in [-0.2, -0.15) is 0 Å². The molecule has 1 aliphatic rings. The molecule has 1 saturated carbocycles. The zero-order chi connectivity index (χ0) is 12.3. The molecule has 3 heteroatoms. The Balaban J connectivity index is 2.31. The van der Waals surface area contributed by atoms with Crippen LogP contribution in [0.1, 0.15) is 44.1 Å². The van der Waals surface area contributed by atoms with Crippen molar-refractivity contribution >= 4 is 21.9 Å². The number of carboxylic acid groups (broad SMARTS) is 1. The highest BCUT2D eigenvalue weighted by Crippen LogP contribution is 2.42. The summed E-state index contributed by atoms with van der Waals surface area (Å²) in [5.41, 5.74) is 1.05. The zero-order valence-electron chi connectivity index (χ0n) is 9.79. The van der Waals surface area contributed by atoms with Crippen LogP contribution in [-0.2, 0) is 10.2 Å². The van der Waals surface area contributed by atoms with Crippen molar-refractivity contribution in [3.8, 4) is 0 Å². The van der Waals surface area contributed by atoms with Crippen LogP contribution in [0.2, 0.25) is 0 Å². The van der Waals surface area contributed by atoms with Crippen LogP contribution >= 0.6 is 15.9 Å². The molecule has 92 valence electrons. The van der Waals surface area contributed by atoms with Gasteiger partial charge in [0.05, 0.1) is 6.42 Å². The van der Waals surface area contributed by atoms with Gasteiger partial charge in [0.25, 0.3) is 0 Å². The van der Waals surface area contributed by atoms with Gasteiger partial charge in [0, 0.05) is 9.89 Å². The summed E-state index contributed by atoms with van der Waals surface area (Å²) >= 11 is 3.42. The highest BCUT2D eigenvalue weighted by molar-refractivity contribution is 9.10. The third kappa shape index (κ3) is 2.89. The van der Waals surface area contributed by atoms with Crippen molar-refractivity contribution in [3.63, 3.8) is 0 Å². The van der Waals surface area contributed by atoms with E-state index in [-0.39, 0.29) is 11.8 Å². The fourth-order valence-electron chi connectivity index (χ4n) is 2.89. The molecule has 1 aromatic carbocycles. The molecule has 1 N–H and O–H groups in total. The maximum atomic E-state index is 11.1. The van der Waals surface area contributed by atoms with E-state index in [4.69, 9.17) is 5.11 Å². The van der Waals surface area contributed by atoms with E-state index in [1.807, 2.05) is 12.1 Å². The first-order valence-corrected chi connectivity index (χ1v) is 6.90. The Morgan fingerprint density at radius 2 is 1.76 bits per heavy atom. The van der Waals surface area contributed by atoms with Gasteiger partial charge in [-0.25, -0.2) is 0 Å². The van der Waals surface area contributed by atoms with E-state index >= 15 is 0 Å². The highest BCUT2D eigenvalue weighted by atomic mass is 79.9. The predicted molar refractivity (Wildman–Crippen MR) is 71.2 cm³/mol. The Morgan fingerprint density at radius 3 is 2.29 bits per heavy atom. The maximum Gasteiger partial charge on any atom is 0.304 e. The number of benzene rings is 1. The molecule has 0 aromatic heterocycles. The van der Waals surface area contributed by atoms with E-state index in [1.165, 1.54) is 12.0 Å². The first kappa shape index (κ1) is 12.6. The molecule has 1 aromatic rings. The van der Waals surface area contributed by atoms with Gasteiger partial charge < -0.3 is 5.11 Å². The van der Waals surface area contributed by atoms with E-state index in [0.717, 1.165) is 30.2 Å². The van der Waals surface area contributed by atoms with Gasteiger partial charge in [-0.15, -0.1) is 0 Å². The largest absolute Gasteiger partial charge is 0.481 e. The molecule has 0 atom stereocenters. The van der Waals surface area contributed by atoms with E-state index < -0.39 is 5.97 Å². The van der Waals surface area contributed by atoms with Crippen molar-refractivity contribution in [1.82, 2.24) is 0 Å². The summed E-state index contributed by atoms with van der Waals surface area (Å²) in [5.74, 6) is -0.685. The lowest BCUT2D eigenvalue weighted by Gasteiger charge is -2.36. The minimum Gasteiger partial charge on any atom is -0.481 e. The standard InChI is InChI=1S/C14H17BrO2/c15-12-6-4-11(5-7-12)14(10-13(16)17)8-2-1-3-9-14/h4-7H,1-3,8-10H2,(H,16,17). The topological polar surface area (TPSA) is 37.3 Å². The van der Waals surface area contributed by atoms with Gasteiger partial charge in [-0.1, -0.05) is 47.3 Å². The van der Waals surface area contributed by atoms with Crippen molar-refractivity contribution in [3.05, 3.63) is 34.3 Å². The van der Waals surface area contributed by atoms with Crippen LogP contribution in [0.15, 0.2) is 28.7 Å². The lowest BCUT2D eigenvalue weighted by molar-refractivity contribution is -0.138. The Morgan fingerprint density at radius 1 is 1.18 bits per heavy atom. The molecule has 0 spiro atoms. The number of rotatable bonds is 3. The van der Waals surface area contributed by atoms with Crippen LogP contribution in [-0.4, -0.2) is 11.1 Å². The second kappa shape index (κ2) is 5.21. The van der Waals surface area contributed by atoms with E-state index in [9.17, 15) is 4.79 Å². The Bertz CT molecular complexity index is 391. The molecule has 0 radical (unpaired) electrons. The Labute approximate surface area is 110 Å². The molecule has 2 rings (SSSR count). The Kier molecular flexibility index (Phi) is 3.87. The minimum absolute atomic E-state index is 0.134. The fraction of sp³-hybridized carbons (Fsp3) is 0.500. The second-order valence-electron chi connectivity index (χ2n) is 4.92. The fourth-order valence-corrected chi connectivity index (χ4v) is 3.15. The second-order valence-corrected chi connectivity index (χ2v) is 5.83. The van der Waals surface area contributed by atoms with Crippen molar-refractivity contribution < 1.29 is 9.90 Å². The van der Waals surface area contributed by atoms with Crippen molar-refractivity contribution in [2.45, 2.75) is 43.9 Å². The van der Waals surface area contributed by atoms with Crippen LogP contribution in [0.4, 0.5) is 0 Å². The summed E-state index contributed by atoms with van der Waals surface area (Å²) in [4.78, 5) is 11.1. The summed E-state index contributed by atoms with van der Waals surface area (Å²) in [6, 6.07) is 8.15. The molecule has 0 amide bonds. The van der Waals surface area contributed by atoms with Gasteiger partial charge in [0.2, 0.25) is 0 Å². The molecule has 0 saturated heterocycles. The first-order valence-electron chi connectivity index (χ1n) is 6.10. The maximum absolute atomic E-state index is 11.1. The van der Waals surface area contributed by atoms with Gasteiger partial charge in [0.15, 0.2) is 0 Å². The number of aliphatic carboxylic acids is 1. The van der Waals surface area contributed by atoms with E-state index in [1.54, 1.807) is 0 Å². The molecule has 1 fully saturated rings. The number of carbonyl (C=O) groups is 1. The zero-order valence-corrected chi connectivity index (χ0v) is 11.4. The summed E-state index contributed by atoms with van der Waals surface area (Å²) in [6.45, 7) is 0. The minimum atomic E-state index is -0.685. The molecular weight excluding hydrogens is 280 g/mol. The summed E-state index contributed by atoms with van der Waals surface area (Å²) in [5, 5.41) is 9.14. The lowest BCUT2D eigenvalue weighted by atomic mass is 9.67. The van der Waals surface area contributed by atoms with Gasteiger partial charge >= 0.3 is 5.97 Å². The molecule has 0 bridgehead atoms. The third-order valence-corrected chi connectivity index (χ3v) is 4.29. The average Bonchev–Trinajstić information content (AvgIpc) is 2.30. The van der Waals surface area contributed by atoms with Crippen LogP contribution < -0.4 is 0 Å². The smallest absolute Gasteiger partial charge is 0.304 e. The monoisotopic (exact) mass is 296 g/mol. The van der Waals surface area contributed by atoms with E-state index in [2.05, 4.69) is 28.1 Å². The van der Waals surface area contributed by atoms with Gasteiger partial charge in [-0.3, -0.25) is 4.79 Å². The number of hydrogen-bond donors (Lipinski definition) is 1. The molecular formula is C14H17BrO2. The SMILES string of the molecule is O=C(O)CC1(c2ccc(Br)cc2)CCCCC1. The summed E-state index contributed by atoms with van der Waals surface area (Å²) in [6.07, 6.45) is 5.78. The van der Waals surface area contributed by atoms with Crippen molar-refractivity contribution in [2.24, 2.45) is 0 Å². The molecule has 17 heavy (non-hydrogen) atoms. The van der Waals surface area contributed by atoms with Gasteiger partial charge in [-0.05, 0) is 30.5 Å².